The second-order valence-corrected chi connectivity index (χ2v) is 6.81. The second-order valence-electron chi connectivity index (χ2n) is 4.08. The maximum atomic E-state index is 12.2. The fourth-order valence-electron chi connectivity index (χ4n) is 1.66. The van der Waals surface area contributed by atoms with E-state index in [1.165, 1.54) is 12.1 Å². The van der Waals surface area contributed by atoms with Gasteiger partial charge in [-0.15, -0.1) is 11.3 Å². The number of carbonyl (C=O) groups is 1. The Labute approximate surface area is 128 Å². The fourth-order valence-corrected chi connectivity index (χ4v) is 3.03. The van der Waals surface area contributed by atoms with Gasteiger partial charge in [0.2, 0.25) is 0 Å². The number of benzene rings is 1. The largest absolute Gasteiger partial charge is 0.507 e. The third-order valence-electron chi connectivity index (χ3n) is 2.58. The fraction of sp³-hybridized carbons (Fsp3) is 0.154. The predicted molar refractivity (Wildman–Crippen MR) is 80.9 cm³/mol. The Hall–Kier alpha value is -1.04. The van der Waals surface area contributed by atoms with Crippen LogP contribution in [-0.2, 0) is 6.54 Å². The Bertz CT molecular complexity index is 614. The van der Waals surface area contributed by atoms with Gasteiger partial charge in [-0.2, -0.15) is 0 Å². The molecular formula is C13H11BrClNO2S. The molecule has 0 aliphatic carbocycles. The molecule has 0 unspecified atom stereocenters. The Morgan fingerprint density at radius 1 is 1.47 bits per heavy atom. The van der Waals surface area contributed by atoms with Crippen molar-refractivity contribution in [2.24, 2.45) is 0 Å². The number of rotatable bonds is 3. The van der Waals surface area contributed by atoms with Crippen LogP contribution in [-0.4, -0.2) is 23.0 Å². The van der Waals surface area contributed by atoms with Gasteiger partial charge in [-0.3, -0.25) is 4.79 Å². The molecular weight excluding hydrogens is 350 g/mol. The summed E-state index contributed by atoms with van der Waals surface area (Å²) < 4.78 is 1.02. The van der Waals surface area contributed by atoms with E-state index in [-0.39, 0.29) is 17.2 Å². The molecule has 2 rings (SSSR count). The number of phenolic OH excluding ortho intramolecular Hbond substituents is 1. The van der Waals surface area contributed by atoms with Gasteiger partial charge in [0.25, 0.3) is 5.91 Å². The summed E-state index contributed by atoms with van der Waals surface area (Å²) in [6.07, 6.45) is 0. The molecule has 19 heavy (non-hydrogen) atoms. The summed E-state index contributed by atoms with van der Waals surface area (Å²) in [5.41, 5.74) is 1.25. The lowest BCUT2D eigenvalue weighted by atomic mass is 10.1. The zero-order valence-corrected chi connectivity index (χ0v) is 13.2. The molecule has 1 N–H and O–H groups in total. The Balaban J connectivity index is 2.16. The highest BCUT2D eigenvalue weighted by molar-refractivity contribution is 9.11. The lowest BCUT2D eigenvalue weighted by Crippen LogP contribution is -2.26. The van der Waals surface area contributed by atoms with Crippen LogP contribution in [0.5, 0.6) is 5.75 Å². The van der Waals surface area contributed by atoms with Gasteiger partial charge in [-0.05, 0) is 51.1 Å². The first kappa shape index (κ1) is 14.4. The van der Waals surface area contributed by atoms with Crippen LogP contribution in [0.3, 0.4) is 0 Å². The van der Waals surface area contributed by atoms with E-state index >= 15 is 0 Å². The van der Waals surface area contributed by atoms with Crippen molar-refractivity contribution in [1.29, 1.82) is 0 Å². The van der Waals surface area contributed by atoms with Crippen LogP contribution in [0.4, 0.5) is 0 Å². The van der Waals surface area contributed by atoms with E-state index in [4.69, 9.17) is 11.6 Å². The van der Waals surface area contributed by atoms with Crippen LogP contribution in [0, 0.1) is 0 Å². The number of hydrogen-bond acceptors (Lipinski definition) is 3. The molecule has 0 atom stereocenters. The molecule has 0 radical (unpaired) electrons. The topological polar surface area (TPSA) is 40.5 Å². The Morgan fingerprint density at radius 3 is 2.84 bits per heavy atom. The minimum absolute atomic E-state index is 0.0623. The third-order valence-corrected chi connectivity index (χ3v) is 4.37. The summed E-state index contributed by atoms with van der Waals surface area (Å²) in [7, 11) is 1.69. The lowest BCUT2D eigenvalue weighted by Gasteiger charge is -2.17. The van der Waals surface area contributed by atoms with Crippen molar-refractivity contribution in [2.75, 3.05) is 7.05 Å². The summed E-state index contributed by atoms with van der Waals surface area (Å²) >= 11 is 10.8. The van der Waals surface area contributed by atoms with Crippen molar-refractivity contribution >= 4 is 44.8 Å². The van der Waals surface area contributed by atoms with Crippen molar-refractivity contribution < 1.29 is 9.90 Å². The molecule has 1 heterocycles. The molecule has 0 aliphatic heterocycles. The van der Waals surface area contributed by atoms with Crippen LogP contribution in [0.1, 0.15) is 15.9 Å². The number of carbonyl (C=O) groups excluding carboxylic acids is 1. The number of halogens is 2. The SMILES string of the molecule is CN(Cc1csc(Br)c1)C(=O)c1cc(Cl)ccc1O. The molecule has 6 heteroatoms. The van der Waals surface area contributed by atoms with Crippen molar-refractivity contribution in [3.8, 4) is 5.75 Å². The van der Waals surface area contributed by atoms with E-state index in [0.29, 0.717) is 11.6 Å². The molecule has 2 aromatic rings. The van der Waals surface area contributed by atoms with Gasteiger partial charge in [0.15, 0.2) is 0 Å². The van der Waals surface area contributed by atoms with E-state index in [9.17, 15) is 9.90 Å². The quantitative estimate of drug-likeness (QED) is 0.893. The van der Waals surface area contributed by atoms with Crippen molar-refractivity contribution in [2.45, 2.75) is 6.54 Å². The van der Waals surface area contributed by atoms with Crippen LogP contribution in [0.25, 0.3) is 0 Å². The molecule has 100 valence electrons. The minimum atomic E-state index is -0.262. The third kappa shape index (κ3) is 3.49. The summed E-state index contributed by atoms with van der Waals surface area (Å²) in [5.74, 6) is -0.324. The number of nitrogens with zero attached hydrogens (tertiary/aromatic N) is 1. The molecule has 1 aromatic carbocycles. The molecule has 0 saturated heterocycles. The molecule has 0 saturated carbocycles. The van der Waals surface area contributed by atoms with E-state index in [1.54, 1.807) is 29.4 Å². The van der Waals surface area contributed by atoms with E-state index in [1.807, 2.05) is 11.4 Å². The Kier molecular flexibility index (Phi) is 4.50. The highest BCUT2D eigenvalue weighted by Crippen LogP contribution is 2.25. The number of phenols is 1. The van der Waals surface area contributed by atoms with Gasteiger partial charge in [-0.1, -0.05) is 11.6 Å². The van der Waals surface area contributed by atoms with Gasteiger partial charge < -0.3 is 10.0 Å². The lowest BCUT2D eigenvalue weighted by molar-refractivity contribution is 0.0782. The van der Waals surface area contributed by atoms with Gasteiger partial charge >= 0.3 is 0 Å². The minimum Gasteiger partial charge on any atom is -0.507 e. The first-order chi connectivity index (χ1) is 8.97. The maximum absolute atomic E-state index is 12.2. The highest BCUT2D eigenvalue weighted by Gasteiger charge is 2.16. The molecule has 0 bridgehead atoms. The molecule has 3 nitrogen and oxygen atoms in total. The van der Waals surface area contributed by atoms with Gasteiger partial charge in [-0.25, -0.2) is 0 Å². The monoisotopic (exact) mass is 359 g/mol. The van der Waals surface area contributed by atoms with Crippen LogP contribution >= 0.6 is 38.9 Å². The average Bonchev–Trinajstić information content (AvgIpc) is 2.77. The predicted octanol–water partition coefficient (Wildman–Crippen LogP) is 4.14. The summed E-state index contributed by atoms with van der Waals surface area (Å²) in [6.45, 7) is 0.479. The first-order valence-corrected chi connectivity index (χ1v) is 7.49. The normalized spacial score (nSPS) is 10.5. The number of amides is 1. The van der Waals surface area contributed by atoms with Crippen molar-refractivity contribution in [1.82, 2.24) is 4.90 Å². The van der Waals surface area contributed by atoms with Crippen LogP contribution in [0.2, 0.25) is 5.02 Å². The van der Waals surface area contributed by atoms with E-state index in [0.717, 1.165) is 9.35 Å². The number of thiophene rings is 1. The summed E-state index contributed by atoms with van der Waals surface area (Å²) in [4.78, 5) is 13.8. The first-order valence-electron chi connectivity index (χ1n) is 5.44. The molecule has 0 spiro atoms. The number of hydrogen-bond donors (Lipinski definition) is 1. The highest BCUT2D eigenvalue weighted by atomic mass is 79.9. The van der Waals surface area contributed by atoms with Crippen LogP contribution in [0.15, 0.2) is 33.4 Å². The maximum Gasteiger partial charge on any atom is 0.257 e. The molecule has 0 aliphatic rings. The van der Waals surface area contributed by atoms with Crippen LogP contribution < -0.4 is 0 Å². The van der Waals surface area contributed by atoms with Crippen molar-refractivity contribution in [3.05, 3.63) is 49.6 Å². The van der Waals surface area contributed by atoms with Gasteiger partial charge in [0.05, 0.1) is 9.35 Å². The van der Waals surface area contributed by atoms with Gasteiger partial charge in [0.1, 0.15) is 5.75 Å². The van der Waals surface area contributed by atoms with Crippen molar-refractivity contribution in [3.63, 3.8) is 0 Å². The van der Waals surface area contributed by atoms with E-state index < -0.39 is 0 Å². The smallest absolute Gasteiger partial charge is 0.257 e. The zero-order chi connectivity index (χ0) is 14.0. The second kappa shape index (κ2) is 5.94. The molecule has 0 fully saturated rings. The van der Waals surface area contributed by atoms with E-state index in [2.05, 4.69) is 15.9 Å². The average molecular weight is 361 g/mol. The number of aromatic hydroxyl groups is 1. The standard InChI is InChI=1S/C13H11BrClNO2S/c1-16(6-8-4-12(14)19-7-8)13(18)10-5-9(15)2-3-11(10)17/h2-5,7,17H,6H2,1H3. The Morgan fingerprint density at radius 2 is 2.21 bits per heavy atom. The zero-order valence-electron chi connectivity index (χ0n) is 10.1. The molecule has 1 amide bonds. The summed E-state index contributed by atoms with van der Waals surface area (Å²) in [5, 5.41) is 12.1. The molecule has 1 aromatic heterocycles. The van der Waals surface area contributed by atoms with Gasteiger partial charge in [0, 0.05) is 18.6 Å². The summed E-state index contributed by atoms with van der Waals surface area (Å²) in [6, 6.07) is 6.40.